The van der Waals surface area contributed by atoms with Crippen LogP contribution in [0.2, 0.25) is 0 Å². The van der Waals surface area contributed by atoms with Crippen molar-refractivity contribution in [1.29, 1.82) is 0 Å². The molecular formula is C14H14BrN3O3. The minimum absolute atomic E-state index is 0.0250. The average Bonchev–Trinajstić information content (AvgIpc) is 2.82. The molecule has 0 spiro atoms. The molecule has 0 aliphatic heterocycles. The summed E-state index contributed by atoms with van der Waals surface area (Å²) in [6.45, 7) is 4.23. The molecule has 7 heteroatoms. The van der Waals surface area contributed by atoms with Gasteiger partial charge in [-0.2, -0.15) is 5.10 Å². The minimum atomic E-state index is -1.10. The number of carboxylic acids is 1. The first-order valence-electron chi connectivity index (χ1n) is 6.31. The number of para-hydroxylation sites is 1. The molecule has 0 bridgehead atoms. The van der Waals surface area contributed by atoms with Crippen molar-refractivity contribution in [2.45, 2.75) is 20.4 Å². The van der Waals surface area contributed by atoms with Crippen molar-refractivity contribution < 1.29 is 14.7 Å². The van der Waals surface area contributed by atoms with Gasteiger partial charge in [0.2, 0.25) is 0 Å². The number of halogens is 1. The molecule has 21 heavy (non-hydrogen) atoms. The molecule has 0 saturated heterocycles. The van der Waals surface area contributed by atoms with Crippen molar-refractivity contribution >= 4 is 33.5 Å². The standard InChI is InChI=1S/C14H14BrN3O3/c1-3-18-11(7-8(2)17-18)13(19)16-12-9(14(20)21)5-4-6-10(12)15/h4-7H,3H2,1-2H3,(H,16,19)(H,20,21). The fourth-order valence-electron chi connectivity index (χ4n) is 1.98. The maximum Gasteiger partial charge on any atom is 0.337 e. The second-order valence-electron chi connectivity index (χ2n) is 4.41. The molecule has 1 aromatic carbocycles. The normalized spacial score (nSPS) is 10.4. The van der Waals surface area contributed by atoms with E-state index < -0.39 is 11.9 Å². The predicted molar refractivity (Wildman–Crippen MR) is 81.7 cm³/mol. The number of rotatable bonds is 4. The van der Waals surface area contributed by atoms with E-state index in [2.05, 4.69) is 26.3 Å². The smallest absolute Gasteiger partial charge is 0.337 e. The van der Waals surface area contributed by atoms with Crippen molar-refractivity contribution in [1.82, 2.24) is 9.78 Å². The van der Waals surface area contributed by atoms with Gasteiger partial charge in [0.1, 0.15) is 5.69 Å². The van der Waals surface area contributed by atoms with Gasteiger partial charge < -0.3 is 10.4 Å². The van der Waals surface area contributed by atoms with Crippen molar-refractivity contribution in [3.63, 3.8) is 0 Å². The highest BCUT2D eigenvalue weighted by molar-refractivity contribution is 9.10. The molecule has 0 saturated carbocycles. The zero-order valence-electron chi connectivity index (χ0n) is 11.6. The molecule has 2 aromatic rings. The Morgan fingerprint density at radius 3 is 2.76 bits per heavy atom. The zero-order valence-corrected chi connectivity index (χ0v) is 13.1. The van der Waals surface area contributed by atoms with Crippen LogP contribution in [0.1, 0.15) is 33.5 Å². The number of nitrogens with one attached hydrogen (secondary N) is 1. The first-order chi connectivity index (χ1) is 9.93. The summed E-state index contributed by atoms with van der Waals surface area (Å²) >= 11 is 3.26. The number of aromatic nitrogens is 2. The molecule has 110 valence electrons. The Morgan fingerprint density at radius 1 is 1.43 bits per heavy atom. The molecule has 0 aliphatic carbocycles. The number of hydrogen-bond donors (Lipinski definition) is 2. The van der Waals surface area contributed by atoms with Gasteiger partial charge >= 0.3 is 5.97 Å². The Bertz CT molecular complexity index is 709. The van der Waals surface area contributed by atoms with Gasteiger partial charge in [-0.05, 0) is 48.0 Å². The number of benzene rings is 1. The van der Waals surface area contributed by atoms with Crippen LogP contribution < -0.4 is 5.32 Å². The Morgan fingerprint density at radius 2 is 2.14 bits per heavy atom. The molecule has 1 amide bonds. The van der Waals surface area contributed by atoms with Gasteiger partial charge in [-0.25, -0.2) is 4.79 Å². The van der Waals surface area contributed by atoms with Gasteiger partial charge in [-0.15, -0.1) is 0 Å². The van der Waals surface area contributed by atoms with E-state index in [1.165, 1.54) is 6.07 Å². The first-order valence-corrected chi connectivity index (χ1v) is 7.11. The molecule has 6 nitrogen and oxygen atoms in total. The third-order valence-corrected chi connectivity index (χ3v) is 3.58. The molecule has 0 radical (unpaired) electrons. The van der Waals surface area contributed by atoms with Gasteiger partial charge in [0.15, 0.2) is 0 Å². The van der Waals surface area contributed by atoms with E-state index in [1.54, 1.807) is 29.8 Å². The average molecular weight is 352 g/mol. The summed E-state index contributed by atoms with van der Waals surface area (Å²) in [6, 6.07) is 6.37. The van der Waals surface area contributed by atoms with Crippen molar-refractivity contribution in [2.24, 2.45) is 0 Å². The number of carbonyl (C=O) groups excluding carboxylic acids is 1. The van der Waals surface area contributed by atoms with Gasteiger partial charge in [0.05, 0.1) is 16.9 Å². The zero-order chi connectivity index (χ0) is 15.6. The first kappa shape index (κ1) is 15.2. The number of carboxylic acid groups (broad SMARTS) is 1. The molecule has 1 aromatic heterocycles. The lowest BCUT2D eigenvalue weighted by atomic mass is 10.1. The number of anilines is 1. The maximum absolute atomic E-state index is 12.3. The Balaban J connectivity index is 2.38. The molecule has 2 N–H and O–H groups in total. The summed E-state index contributed by atoms with van der Waals surface area (Å²) < 4.78 is 2.08. The number of aromatic carboxylic acids is 1. The molecule has 0 fully saturated rings. The quantitative estimate of drug-likeness (QED) is 0.886. The number of carbonyl (C=O) groups is 2. The third-order valence-electron chi connectivity index (χ3n) is 2.92. The molecule has 1 heterocycles. The Labute approximate surface area is 129 Å². The highest BCUT2D eigenvalue weighted by atomic mass is 79.9. The van der Waals surface area contributed by atoms with Crippen LogP contribution in [0.5, 0.6) is 0 Å². The second-order valence-corrected chi connectivity index (χ2v) is 5.26. The van der Waals surface area contributed by atoms with E-state index in [1.807, 2.05) is 6.92 Å². The lowest BCUT2D eigenvalue weighted by Crippen LogP contribution is -2.19. The molecule has 2 rings (SSSR count). The van der Waals surface area contributed by atoms with Crippen LogP contribution in [0.15, 0.2) is 28.7 Å². The summed E-state index contributed by atoms with van der Waals surface area (Å²) in [7, 11) is 0. The molecule has 0 unspecified atom stereocenters. The lowest BCUT2D eigenvalue weighted by molar-refractivity contribution is 0.0698. The third kappa shape index (κ3) is 3.13. The number of aryl methyl sites for hydroxylation is 2. The number of amides is 1. The molecular weight excluding hydrogens is 338 g/mol. The van der Waals surface area contributed by atoms with Crippen LogP contribution >= 0.6 is 15.9 Å². The number of nitrogens with zero attached hydrogens (tertiary/aromatic N) is 2. The summed E-state index contributed by atoms with van der Waals surface area (Å²) in [5.41, 5.74) is 1.38. The summed E-state index contributed by atoms with van der Waals surface area (Å²) in [5, 5.41) is 16.0. The van der Waals surface area contributed by atoms with Crippen LogP contribution in [-0.2, 0) is 6.54 Å². The largest absolute Gasteiger partial charge is 0.478 e. The van der Waals surface area contributed by atoms with E-state index in [0.29, 0.717) is 16.7 Å². The maximum atomic E-state index is 12.3. The van der Waals surface area contributed by atoms with Crippen LogP contribution in [0.4, 0.5) is 5.69 Å². The van der Waals surface area contributed by atoms with Gasteiger partial charge in [-0.3, -0.25) is 9.48 Å². The van der Waals surface area contributed by atoms with E-state index in [9.17, 15) is 14.7 Å². The predicted octanol–water partition coefficient (Wildman–Crippen LogP) is 2.92. The van der Waals surface area contributed by atoms with Crippen molar-refractivity contribution in [2.75, 3.05) is 5.32 Å². The SMILES string of the molecule is CCn1nc(C)cc1C(=O)Nc1c(Br)cccc1C(=O)O. The van der Waals surface area contributed by atoms with Crippen LogP contribution in [-0.4, -0.2) is 26.8 Å². The van der Waals surface area contributed by atoms with Gasteiger partial charge in [0.25, 0.3) is 5.91 Å². The summed E-state index contributed by atoms with van der Waals surface area (Å²) in [6.07, 6.45) is 0. The topological polar surface area (TPSA) is 84.2 Å². The fraction of sp³-hybridized carbons (Fsp3) is 0.214. The Hall–Kier alpha value is -2.15. The minimum Gasteiger partial charge on any atom is -0.478 e. The van der Waals surface area contributed by atoms with E-state index in [4.69, 9.17) is 0 Å². The Kier molecular flexibility index (Phi) is 4.42. The lowest BCUT2D eigenvalue weighted by Gasteiger charge is -2.11. The van der Waals surface area contributed by atoms with Crippen LogP contribution in [0.25, 0.3) is 0 Å². The van der Waals surface area contributed by atoms with E-state index in [0.717, 1.165) is 5.69 Å². The monoisotopic (exact) mass is 351 g/mol. The van der Waals surface area contributed by atoms with E-state index >= 15 is 0 Å². The van der Waals surface area contributed by atoms with Crippen LogP contribution in [0.3, 0.4) is 0 Å². The second kappa shape index (κ2) is 6.09. The van der Waals surface area contributed by atoms with E-state index in [-0.39, 0.29) is 11.3 Å². The summed E-state index contributed by atoms with van der Waals surface area (Å²) in [5.74, 6) is -1.50. The number of hydrogen-bond acceptors (Lipinski definition) is 3. The highest BCUT2D eigenvalue weighted by Crippen LogP contribution is 2.27. The fourth-order valence-corrected chi connectivity index (χ4v) is 2.44. The van der Waals surface area contributed by atoms with Crippen molar-refractivity contribution in [3.05, 3.63) is 45.7 Å². The van der Waals surface area contributed by atoms with Crippen LogP contribution in [0, 0.1) is 6.92 Å². The van der Waals surface area contributed by atoms with Gasteiger partial charge in [0, 0.05) is 11.0 Å². The highest BCUT2D eigenvalue weighted by Gasteiger charge is 2.18. The van der Waals surface area contributed by atoms with Gasteiger partial charge in [-0.1, -0.05) is 6.07 Å². The molecule has 0 aliphatic rings. The molecule has 0 atom stereocenters. The van der Waals surface area contributed by atoms with Crippen molar-refractivity contribution in [3.8, 4) is 0 Å². The summed E-state index contributed by atoms with van der Waals surface area (Å²) in [4.78, 5) is 23.6.